The van der Waals surface area contributed by atoms with Gasteiger partial charge in [-0.15, -0.1) is 0 Å². The zero-order chi connectivity index (χ0) is 12.6. The lowest BCUT2D eigenvalue weighted by atomic mass is 10.1. The van der Waals surface area contributed by atoms with Crippen LogP contribution in [0.1, 0.15) is 25.5 Å². The van der Waals surface area contributed by atoms with Gasteiger partial charge in [0.15, 0.2) is 5.82 Å². The third-order valence-electron chi connectivity index (χ3n) is 2.43. The zero-order valence-electron chi connectivity index (χ0n) is 9.78. The van der Waals surface area contributed by atoms with Gasteiger partial charge in [0.05, 0.1) is 21.8 Å². The number of aryl methyl sites for hydroxylation is 1. The van der Waals surface area contributed by atoms with E-state index in [2.05, 4.69) is 51.4 Å². The van der Waals surface area contributed by atoms with Crippen LogP contribution in [-0.4, -0.2) is 19.5 Å². The van der Waals surface area contributed by atoms with Crippen LogP contribution in [0.5, 0.6) is 0 Å². The number of aromatic nitrogens is 4. The van der Waals surface area contributed by atoms with Crippen molar-refractivity contribution in [2.45, 2.75) is 19.8 Å². The fraction of sp³-hybridized carbons (Fsp3) is 0.364. The average molecular weight is 363 g/mol. The summed E-state index contributed by atoms with van der Waals surface area (Å²) in [7, 11) is 1.91. The predicted molar refractivity (Wildman–Crippen MR) is 76.1 cm³/mol. The topological polar surface area (TPSA) is 43.6 Å². The van der Waals surface area contributed by atoms with E-state index in [1.165, 1.54) is 0 Å². The first-order chi connectivity index (χ1) is 8.00. The fourth-order valence-electron chi connectivity index (χ4n) is 1.51. The SMILES string of the molecule is CC(C)c1nc(-c2cncn2C)nc(Cl)c1I. The van der Waals surface area contributed by atoms with Gasteiger partial charge in [-0.2, -0.15) is 0 Å². The van der Waals surface area contributed by atoms with Gasteiger partial charge in [0, 0.05) is 7.05 Å². The molecule has 0 aromatic carbocycles. The molecule has 0 saturated carbocycles. The molecule has 0 unspecified atom stereocenters. The van der Waals surface area contributed by atoms with Crippen molar-refractivity contribution in [3.8, 4) is 11.5 Å². The number of hydrogen-bond acceptors (Lipinski definition) is 3. The molecule has 0 aliphatic rings. The van der Waals surface area contributed by atoms with Crippen molar-refractivity contribution in [2.24, 2.45) is 7.05 Å². The van der Waals surface area contributed by atoms with Gasteiger partial charge in [0.1, 0.15) is 10.8 Å². The minimum Gasteiger partial charge on any atom is -0.331 e. The molecule has 0 amide bonds. The molecule has 0 aliphatic heterocycles. The normalized spacial score (nSPS) is 11.2. The molecular formula is C11H12ClIN4. The van der Waals surface area contributed by atoms with Crippen LogP contribution >= 0.6 is 34.2 Å². The van der Waals surface area contributed by atoms with E-state index in [1.54, 1.807) is 12.5 Å². The van der Waals surface area contributed by atoms with Crippen LogP contribution in [0.25, 0.3) is 11.5 Å². The summed E-state index contributed by atoms with van der Waals surface area (Å²) in [6.45, 7) is 4.18. The Labute approximate surface area is 119 Å². The minimum atomic E-state index is 0.314. The molecule has 0 atom stereocenters. The van der Waals surface area contributed by atoms with Gasteiger partial charge in [-0.05, 0) is 28.5 Å². The highest BCUT2D eigenvalue weighted by Crippen LogP contribution is 2.27. The summed E-state index contributed by atoms with van der Waals surface area (Å²) < 4.78 is 2.80. The highest BCUT2D eigenvalue weighted by molar-refractivity contribution is 14.1. The molecule has 0 N–H and O–H groups in total. The first kappa shape index (κ1) is 12.8. The standard InChI is InChI=1S/C11H12ClIN4/c1-6(2)9-8(13)10(12)16-11(15-9)7-4-14-5-17(7)3/h4-6H,1-3H3. The Hall–Kier alpha value is -0.690. The van der Waals surface area contributed by atoms with Gasteiger partial charge in [-0.3, -0.25) is 0 Å². The van der Waals surface area contributed by atoms with Gasteiger partial charge >= 0.3 is 0 Å². The molecule has 0 aliphatic carbocycles. The second-order valence-electron chi connectivity index (χ2n) is 4.08. The molecule has 0 bridgehead atoms. The fourth-order valence-corrected chi connectivity index (χ4v) is 2.55. The van der Waals surface area contributed by atoms with Crippen LogP contribution in [0, 0.1) is 3.57 Å². The lowest BCUT2D eigenvalue weighted by molar-refractivity contribution is 0.803. The molecule has 0 spiro atoms. The summed E-state index contributed by atoms with van der Waals surface area (Å²) in [5, 5.41) is 0.500. The molecule has 2 aromatic rings. The molecule has 2 rings (SSSR count). The highest BCUT2D eigenvalue weighted by atomic mass is 127. The molecule has 2 aromatic heterocycles. The molecule has 2 heterocycles. The minimum absolute atomic E-state index is 0.314. The molecule has 0 fully saturated rings. The summed E-state index contributed by atoms with van der Waals surface area (Å²) >= 11 is 8.33. The van der Waals surface area contributed by atoms with Gasteiger partial charge in [-0.25, -0.2) is 15.0 Å². The summed E-state index contributed by atoms with van der Waals surface area (Å²) in [4.78, 5) is 12.9. The predicted octanol–water partition coefficient (Wildman–Crippen LogP) is 3.26. The van der Waals surface area contributed by atoms with Crippen molar-refractivity contribution < 1.29 is 0 Å². The van der Waals surface area contributed by atoms with Crippen LogP contribution in [-0.2, 0) is 7.05 Å². The highest BCUT2D eigenvalue weighted by Gasteiger charge is 2.15. The Morgan fingerprint density at radius 3 is 2.59 bits per heavy atom. The summed E-state index contributed by atoms with van der Waals surface area (Å²) in [6.07, 6.45) is 3.46. The summed E-state index contributed by atoms with van der Waals surface area (Å²) in [5.41, 5.74) is 1.84. The lowest BCUT2D eigenvalue weighted by Crippen LogP contribution is -2.04. The number of hydrogen-bond donors (Lipinski definition) is 0. The monoisotopic (exact) mass is 362 g/mol. The Morgan fingerprint density at radius 1 is 1.35 bits per heavy atom. The van der Waals surface area contributed by atoms with E-state index in [4.69, 9.17) is 11.6 Å². The maximum absolute atomic E-state index is 6.14. The van der Waals surface area contributed by atoms with Crippen molar-refractivity contribution in [1.82, 2.24) is 19.5 Å². The number of imidazole rings is 1. The second kappa shape index (κ2) is 4.89. The molecule has 4 nitrogen and oxygen atoms in total. The van der Waals surface area contributed by atoms with Crippen LogP contribution < -0.4 is 0 Å². The maximum atomic E-state index is 6.14. The zero-order valence-corrected chi connectivity index (χ0v) is 12.7. The van der Waals surface area contributed by atoms with Gasteiger partial charge in [0.25, 0.3) is 0 Å². The number of nitrogens with zero attached hydrogens (tertiary/aromatic N) is 4. The number of halogens is 2. The lowest BCUT2D eigenvalue weighted by Gasteiger charge is -2.10. The first-order valence-corrected chi connectivity index (χ1v) is 6.66. The molecule has 17 heavy (non-hydrogen) atoms. The molecular weight excluding hydrogens is 351 g/mol. The maximum Gasteiger partial charge on any atom is 0.179 e. The van der Waals surface area contributed by atoms with Crippen molar-refractivity contribution in [3.05, 3.63) is 26.9 Å². The molecule has 0 saturated heterocycles. The van der Waals surface area contributed by atoms with Gasteiger partial charge in [0.2, 0.25) is 0 Å². The first-order valence-electron chi connectivity index (χ1n) is 5.20. The van der Waals surface area contributed by atoms with Crippen LogP contribution in [0.2, 0.25) is 5.15 Å². The second-order valence-corrected chi connectivity index (χ2v) is 5.52. The van der Waals surface area contributed by atoms with Gasteiger partial charge < -0.3 is 4.57 Å². The molecule has 6 heteroatoms. The van der Waals surface area contributed by atoms with E-state index < -0.39 is 0 Å². The van der Waals surface area contributed by atoms with Crippen molar-refractivity contribution in [1.29, 1.82) is 0 Å². The van der Waals surface area contributed by atoms with Crippen molar-refractivity contribution in [3.63, 3.8) is 0 Å². The quantitative estimate of drug-likeness (QED) is 0.608. The number of rotatable bonds is 2. The van der Waals surface area contributed by atoms with Crippen LogP contribution in [0.4, 0.5) is 0 Å². The third kappa shape index (κ3) is 2.44. The largest absolute Gasteiger partial charge is 0.331 e. The molecule has 0 radical (unpaired) electrons. The van der Waals surface area contributed by atoms with E-state index in [0.717, 1.165) is 15.0 Å². The Bertz CT molecular complexity index is 550. The Kier molecular flexibility index (Phi) is 3.67. The van der Waals surface area contributed by atoms with Crippen molar-refractivity contribution in [2.75, 3.05) is 0 Å². The smallest absolute Gasteiger partial charge is 0.179 e. The van der Waals surface area contributed by atoms with E-state index >= 15 is 0 Å². The van der Waals surface area contributed by atoms with Crippen molar-refractivity contribution >= 4 is 34.2 Å². The third-order valence-corrected chi connectivity index (χ3v) is 4.08. The van der Waals surface area contributed by atoms with Gasteiger partial charge in [-0.1, -0.05) is 25.4 Å². The summed E-state index contributed by atoms with van der Waals surface area (Å²) in [5.74, 6) is 0.938. The average Bonchev–Trinajstić information content (AvgIpc) is 2.68. The van der Waals surface area contributed by atoms with E-state index in [1.807, 2.05) is 11.6 Å². The van der Waals surface area contributed by atoms with Crippen LogP contribution in [0.15, 0.2) is 12.5 Å². The van der Waals surface area contributed by atoms with Crippen LogP contribution in [0.3, 0.4) is 0 Å². The molecule has 90 valence electrons. The Balaban J connectivity index is 2.61. The van der Waals surface area contributed by atoms with E-state index in [0.29, 0.717) is 16.9 Å². The Morgan fingerprint density at radius 2 is 2.06 bits per heavy atom. The van der Waals surface area contributed by atoms with E-state index in [-0.39, 0.29) is 0 Å². The van der Waals surface area contributed by atoms with E-state index in [9.17, 15) is 0 Å². The summed E-state index contributed by atoms with van der Waals surface area (Å²) in [6, 6.07) is 0.